The molecule has 29 heavy (non-hydrogen) atoms. The highest BCUT2D eigenvalue weighted by Crippen LogP contribution is 2.28. The normalized spacial score (nSPS) is 13.9. The monoisotopic (exact) mass is 386 g/mol. The van der Waals surface area contributed by atoms with Crippen molar-refractivity contribution < 1.29 is 9.90 Å². The first-order chi connectivity index (χ1) is 14.1. The van der Waals surface area contributed by atoms with Gasteiger partial charge in [0, 0.05) is 24.5 Å². The molecular formula is C25H26N2O2. The second-order valence-corrected chi connectivity index (χ2v) is 7.65. The summed E-state index contributed by atoms with van der Waals surface area (Å²) in [5, 5.41) is 13.2. The first-order valence-electron chi connectivity index (χ1n) is 10.2. The number of anilines is 2. The van der Waals surface area contributed by atoms with Crippen LogP contribution in [0.4, 0.5) is 11.4 Å². The molecule has 4 rings (SSSR count). The summed E-state index contributed by atoms with van der Waals surface area (Å²) in [6, 6.07) is 21.3. The maximum absolute atomic E-state index is 12.9. The summed E-state index contributed by atoms with van der Waals surface area (Å²) in [5.74, 6) is -0.305. The van der Waals surface area contributed by atoms with Crippen molar-refractivity contribution in [2.75, 3.05) is 23.3 Å². The van der Waals surface area contributed by atoms with E-state index in [2.05, 4.69) is 41.4 Å². The van der Waals surface area contributed by atoms with E-state index in [4.69, 9.17) is 0 Å². The van der Waals surface area contributed by atoms with E-state index in [1.165, 1.54) is 12.0 Å². The largest absolute Gasteiger partial charge is 0.507 e. The fraction of sp³-hybridized carbons (Fsp3) is 0.240. The molecule has 3 aromatic rings. The lowest BCUT2D eigenvalue weighted by Crippen LogP contribution is -2.29. The Labute approximate surface area is 171 Å². The molecule has 0 saturated carbocycles. The molecule has 3 aromatic carbocycles. The molecule has 1 aliphatic heterocycles. The number of phenolic OH excluding ortho intramolecular Hbond substituents is 1. The first kappa shape index (κ1) is 19.1. The smallest absolute Gasteiger partial charge is 0.259 e. The van der Waals surface area contributed by atoms with Crippen LogP contribution in [0, 0.1) is 6.92 Å². The number of rotatable bonds is 4. The predicted octanol–water partition coefficient (Wildman–Crippen LogP) is 5.61. The third-order valence-electron chi connectivity index (χ3n) is 5.45. The quantitative estimate of drug-likeness (QED) is 0.613. The molecule has 0 spiro atoms. The summed E-state index contributed by atoms with van der Waals surface area (Å²) >= 11 is 0. The SMILES string of the molecule is Cc1ccc(-c2cccc(NC(=O)c3cc(N4CCCCC4)ccc3O)c2)cc1. The van der Waals surface area contributed by atoms with Crippen LogP contribution < -0.4 is 10.2 Å². The first-order valence-corrected chi connectivity index (χ1v) is 10.2. The molecule has 1 heterocycles. The molecule has 1 saturated heterocycles. The molecule has 1 aliphatic rings. The number of carbonyl (C=O) groups excluding carboxylic acids is 1. The molecule has 4 heteroatoms. The molecule has 1 amide bonds. The van der Waals surface area contributed by atoms with Gasteiger partial charge >= 0.3 is 0 Å². The Balaban J connectivity index is 1.55. The van der Waals surface area contributed by atoms with Crippen LogP contribution in [0.2, 0.25) is 0 Å². The van der Waals surface area contributed by atoms with E-state index in [0.717, 1.165) is 42.7 Å². The molecule has 2 N–H and O–H groups in total. The highest BCUT2D eigenvalue weighted by atomic mass is 16.3. The molecule has 0 aliphatic carbocycles. The summed E-state index contributed by atoms with van der Waals surface area (Å²) in [6.07, 6.45) is 3.57. The second kappa shape index (κ2) is 8.39. The second-order valence-electron chi connectivity index (χ2n) is 7.65. The number of hydrogen-bond donors (Lipinski definition) is 2. The minimum atomic E-state index is -0.303. The zero-order valence-corrected chi connectivity index (χ0v) is 16.7. The van der Waals surface area contributed by atoms with Gasteiger partial charge in [0.25, 0.3) is 5.91 Å². The van der Waals surface area contributed by atoms with Gasteiger partial charge in [-0.2, -0.15) is 0 Å². The Hall–Kier alpha value is -3.27. The summed E-state index contributed by atoms with van der Waals surface area (Å²) in [5.41, 5.74) is 5.34. The number of nitrogens with one attached hydrogen (secondary N) is 1. The van der Waals surface area contributed by atoms with Crippen molar-refractivity contribution in [3.63, 3.8) is 0 Å². The molecule has 148 valence electrons. The Morgan fingerprint density at radius 2 is 1.66 bits per heavy atom. The van der Waals surface area contributed by atoms with Gasteiger partial charge in [-0.15, -0.1) is 0 Å². The van der Waals surface area contributed by atoms with Crippen molar-refractivity contribution in [3.05, 3.63) is 77.9 Å². The number of hydrogen-bond acceptors (Lipinski definition) is 3. The van der Waals surface area contributed by atoms with Crippen molar-refractivity contribution in [2.45, 2.75) is 26.2 Å². The molecule has 0 unspecified atom stereocenters. The number of phenols is 1. The molecule has 0 atom stereocenters. The maximum atomic E-state index is 12.9. The van der Waals surface area contributed by atoms with Crippen molar-refractivity contribution in [1.29, 1.82) is 0 Å². The molecule has 0 radical (unpaired) electrons. The van der Waals surface area contributed by atoms with Crippen LogP contribution in [0.25, 0.3) is 11.1 Å². The van der Waals surface area contributed by atoms with E-state index in [1.54, 1.807) is 12.1 Å². The topological polar surface area (TPSA) is 52.6 Å². The van der Waals surface area contributed by atoms with Crippen molar-refractivity contribution in [3.8, 4) is 16.9 Å². The third-order valence-corrected chi connectivity index (χ3v) is 5.45. The average Bonchev–Trinajstić information content (AvgIpc) is 2.75. The molecule has 4 nitrogen and oxygen atoms in total. The van der Waals surface area contributed by atoms with E-state index in [1.807, 2.05) is 30.3 Å². The van der Waals surface area contributed by atoms with E-state index in [-0.39, 0.29) is 11.7 Å². The van der Waals surface area contributed by atoms with Gasteiger partial charge in [-0.1, -0.05) is 42.0 Å². The molecule has 0 bridgehead atoms. The number of benzene rings is 3. The highest BCUT2D eigenvalue weighted by molar-refractivity contribution is 6.07. The lowest BCUT2D eigenvalue weighted by atomic mass is 10.0. The maximum Gasteiger partial charge on any atom is 0.259 e. The van der Waals surface area contributed by atoms with Crippen LogP contribution in [0.1, 0.15) is 35.2 Å². The van der Waals surface area contributed by atoms with E-state index >= 15 is 0 Å². The van der Waals surface area contributed by atoms with Crippen LogP contribution in [0.15, 0.2) is 66.7 Å². The van der Waals surface area contributed by atoms with E-state index in [0.29, 0.717) is 11.3 Å². The Morgan fingerprint density at radius 3 is 2.41 bits per heavy atom. The minimum absolute atomic E-state index is 0.00190. The van der Waals surface area contributed by atoms with E-state index in [9.17, 15) is 9.90 Å². The summed E-state index contributed by atoms with van der Waals surface area (Å²) in [4.78, 5) is 15.1. The summed E-state index contributed by atoms with van der Waals surface area (Å²) in [7, 11) is 0. The fourth-order valence-corrected chi connectivity index (χ4v) is 3.78. The molecular weight excluding hydrogens is 360 g/mol. The number of piperidine rings is 1. The zero-order valence-electron chi connectivity index (χ0n) is 16.7. The van der Waals surface area contributed by atoms with Gasteiger partial charge in [-0.3, -0.25) is 4.79 Å². The van der Waals surface area contributed by atoms with Gasteiger partial charge in [-0.25, -0.2) is 0 Å². The molecule has 0 aromatic heterocycles. The van der Waals surface area contributed by atoms with Crippen LogP contribution in [0.3, 0.4) is 0 Å². The molecule has 1 fully saturated rings. The zero-order chi connectivity index (χ0) is 20.2. The lowest BCUT2D eigenvalue weighted by Gasteiger charge is -2.29. The van der Waals surface area contributed by atoms with Gasteiger partial charge in [0.05, 0.1) is 5.56 Å². The van der Waals surface area contributed by atoms with Gasteiger partial charge in [0.15, 0.2) is 0 Å². The number of aromatic hydroxyl groups is 1. The Bertz CT molecular complexity index is 1010. The predicted molar refractivity (Wildman–Crippen MR) is 119 cm³/mol. The van der Waals surface area contributed by atoms with Crippen molar-refractivity contribution >= 4 is 17.3 Å². The fourth-order valence-electron chi connectivity index (χ4n) is 3.78. The van der Waals surface area contributed by atoms with Crippen molar-refractivity contribution in [1.82, 2.24) is 0 Å². The Morgan fingerprint density at radius 1 is 0.897 bits per heavy atom. The van der Waals surface area contributed by atoms with Crippen LogP contribution >= 0.6 is 0 Å². The van der Waals surface area contributed by atoms with Gasteiger partial charge in [0.1, 0.15) is 5.75 Å². The van der Waals surface area contributed by atoms with Crippen molar-refractivity contribution in [2.24, 2.45) is 0 Å². The highest BCUT2D eigenvalue weighted by Gasteiger charge is 2.17. The third kappa shape index (κ3) is 4.43. The number of nitrogens with zero attached hydrogens (tertiary/aromatic N) is 1. The Kier molecular flexibility index (Phi) is 5.52. The minimum Gasteiger partial charge on any atom is -0.507 e. The summed E-state index contributed by atoms with van der Waals surface area (Å²) < 4.78 is 0. The number of amides is 1. The standard InChI is InChI=1S/C25H26N2O2/c1-18-8-10-19(11-9-18)20-6-5-7-21(16-20)26-25(29)23-17-22(12-13-24(23)28)27-14-3-2-4-15-27/h5-13,16-17,28H,2-4,14-15H2,1H3,(H,26,29). The van der Waals surface area contributed by atoms with Gasteiger partial charge < -0.3 is 15.3 Å². The average molecular weight is 386 g/mol. The van der Waals surface area contributed by atoms with Gasteiger partial charge in [0.2, 0.25) is 0 Å². The van der Waals surface area contributed by atoms with Crippen LogP contribution in [-0.4, -0.2) is 24.1 Å². The summed E-state index contributed by atoms with van der Waals surface area (Å²) in [6.45, 7) is 4.04. The number of carbonyl (C=O) groups is 1. The van der Waals surface area contributed by atoms with E-state index < -0.39 is 0 Å². The van der Waals surface area contributed by atoms with Crippen LogP contribution in [0.5, 0.6) is 5.75 Å². The number of aryl methyl sites for hydroxylation is 1. The van der Waals surface area contributed by atoms with Gasteiger partial charge in [-0.05, 0) is 67.6 Å². The lowest BCUT2D eigenvalue weighted by molar-refractivity contribution is 0.102. The van der Waals surface area contributed by atoms with Crippen LogP contribution in [-0.2, 0) is 0 Å².